The van der Waals surface area contributed by atoms with Gasteiger partial charge >= 0.3 is 0 Å². The lowest BCUT2D eigenvalue weighted by molar-refractivity contribution is 0.0734. The minimum atomic E-state index is -2.26. The third-order valence-electron chi connectivity index (χ3n) is 3.87. The number of halogens is 3. The Labute approximate surface area is 126 Å². The monoisotopic (exact) mass is 304 g/mol. The highest BCUT2D eigenvalue weighted by Crippen LogP contribution is 2.32. The smallest absolute Gasteiger partial charge is 0.240 e. The van der Waals surface area contributed by atoms with Crippen molar-refractivity contribution in [3.8, 4) is 0 Å². The highest BCUT2D eigenvalue weighted by molar-refractivity contribution is 5.85. The molecule has 1 aromatic carbocycles. The molecule has 1 aliphatic heterocycles. The van der Waals surface area contributed by atoms with Gasteiger partial charge in [-0.2, -0.15) is 0 Å². The Morgan fingerprint density at radius 2 is 1.70 bits per heavy atom. The van der Waals surface area contributed by atoms with Crippen LogP contribution in [0.1, 0.15) is 29.2 Å². The molecule has 0 radical (unpaired) electrons. The number of benzene rings is 1. The number of hydrogen-bond acceptors (Lipinski definition) is 2. The zero-order chi connectivity index (χ0) is 13.8. The number of nitrogens with one attached hydrogen (secondary N) is 1. The first kappa shape index (κ1) is 17.3. The maximum atomic E-state index is 12.9. The van der Waals surface area contributed by atoms with Gasteiger partial charge in [0.05, 0.1) is 0 Å². The summed E-state index contributed by atoms with van der Waals surface area (Å²) in [6.45, 7) is 7.47. The van der Waals surface area contributed by atoms with Crippen LogP contribution >= 0.6 is 12.4 Å². The Morgan fingerprint density at radius 1 is 1.15 bits per heavy atom. The Hall–Kier alpha value is -0.710. The van der Waals surface area contributed by atoms with E-state index in [0.717, 1.165) is 42.9 Å². The number of rotatable bonds is 4. The molecule has 1 N–H and O–H groups in total. The normalized spacial score (nSPS) is 17.9. The van der Waals surface area contributed by atoms with Crippen LogP contribution in [0.2, 0.25) is 0 Å². The molecule has 0 saturated carbocycles. The maximum absolute atomic E-state index is 12.9. The quantitative estimate of drug-likeness (QED) is 0.918. The Bertz CT molecular complexity index is 400. The molecule has 5 heteroatoms. The molecular formula is C15H23ClF2N2. The molecule has 1 saturated heterocycles. The third-order valence-corrected chi connectivity index (χ3v) is 3.87. The van der Waals surface area contributed by atoms with Gasteiger partial charge in [-0.05, 0) is 30.5 Å². The first-order chi connectivity index (χ1) is 9.09. The van der Waals surface area contributed by atoms with Gasteiger partial charge in [0, 0.05) is 38.6 Å². The molecule has 0 aromatic heterocycles. The molecule has 1 aromatic rings. The second kappa shape index (κ2) is 7.91. The summed E-state index contributed by atoms with van der Waals surface area (Å²) in [4.78, 5) is 2.19. The lowest BCUT2D eigenvalue weighted by Gasteiger charge is -2.36. The fourth-order valence-electron chi connectivity index (χ4n) is 2.97. The van der Waals surface area contributed by atoms with Crippen molar-refractivity contribution in [2.45, 2.75) is 32.7 Å². The molecule has 2 rings (SSSR count). The third kappa shape index (κ3) is 4.14. The molecular weight excluding hydrogens is 282 g/mol. The lowest BCUT2D eigenvalue weighted by Crippen LogP contribution is -2.45. The predicted octanol–water partition coefficient (Wildman–Crippen LogP) is 3.33. The van der Waals surface area contributed by atoms with E-state index in [1.54, 1.807) is 0 Å². The van der Waals surface area contributed by atoms with Crippen molar-refractivity contribution >= 4 is 12.4 Å². The zero-order valence-corrected chi connectivity index (χ0v) is 12.9. The SMILES string of the molecule is Cc1cccc(C)c1[C@@H](CC(F)F)N1CCNCC1.Cl. The van der Waals surface area contributed by atoms with Crippen molar-refractivity contribution in [2.24, 2.45) is 0 Å². The second-order valence-electron chi connectivity index (χ2n) is 5.23. The van der Waals surface area contributed by atoms with E-state index in [-0.39, 0.29) is 24.9 Å². The first-order valence-electron chi connectivity index (χ1n) is 6.88. The molecule has 1 fully saturated rings. The molecule has 0 amide bonds. The van der Waals surface area contributed by atoms with Crippen molar-refractivity contribution in [2.75, 3.05) is 26.2 Å². The van der Waals surface area contributed by atoms with Crippen molar-refractivity contribution in [3.63, 3.8) is 0 Å². The van der Waals surface area contributed by atoms with Crippen LogP contribution in [0, 0.1) is 13.8 Å². The summed E-state index contributed by atoms with van der Waals surface area (Å²) in [7, 11) is 0. The highest BCUT2D eigenvalue weighted by Gasteiger charge is 2.27. The summed E-state index contributed by atoms with van der Waals surface area (Å²) in [5, 5.41) is 3.27. The van der Waals surface area contributed by atoms with Gasteiger partial charge in [-0.25, -0.2) is 8.78 Å². The number of hydrogen-bond donors (Lipinski definition) is 1. The van der Waals surface area contributed by atoms with E-state index >= 15 is 0 Å². The van der Waals surface area contributed by atoms with E-state index in [1.807, 2.05) is 32.0 Å². The van der Waals surface area contributed by atoms with Gasteiger partial charge < -0.3 is 5.32 Å². The van der Waals surface area contributed by atoms with E-state index in [4.69, 9.17) is 0 Å². The summed E-state index contributed by atoms with van der Waals surface area (Å²) >= 11 is 0. The van der Waals surface area contributed by atoms with Crippen LogP contribution in [-0.2, 0) is 0 Å². The largest absolute Gasteiger partial charge is 0.314 e. The highest BCUT2D eigenvalue weighted by atomic mass is 35.5. The lowest BCUT2D eigenvalue weighted by atomic mass is 9.92. The minimum absolute atomic E-state index is 0. The van der Waals surface area contributed by atoms with Crippen molar-refractivity contribution in [1.82, 2.24) is 10.2 Å². The number of nitrogens with zero attached hydrogens (tertiary/aromatic N) is 1. The molecule has 1 aliphatic rings. The van der Waals surface area contributed by atoms with E-state index in [0.29, 0.717) is 0 Å². The van der Waals surface area contributed by atoms with Crippen LogP contribution in [0.4, 0.5) is 8.78 Å². The Morgan fingerprint density at radius 3 is 2.20 bits per heavy atom. The van der Waals surface area contributed by atoms with Crippen molar-refractivity contribution < 1.29 is 8.78 Å². The van der Waals surface area contributed by atoms with E-state index < -0.39 is 6.43 Å². The first-order valence-corrected chi connectivity index (χ1v) is 6.88. The molecule has 1 atom stereocenters. The minimum Gasteiger partial charge on any atom is -0.314 e. The van der Waals surface area contributed by atoms with Crippen LogP contribution in [-0.4, -0.2) is 37.5 Å². The summed E-state index contributed by atoms with van der Waals surface area (Å²) in [5.41, 5.74) is 3.32. The molecule has 0 aliphatic carbocycles. The van der Waals surface area contributed by atoms with Crippen molar-refractivity contribution in [3.05, 3.63) is 34.9 Å². The molecule has 114 valence electrons. The van der Waals surface area contributed by atoms with Gasteiger partial charge in [0.25, 0.3) is 0 Å². The fraction of sp³-hybridized carbons (Fsp3) is 0.600. The molecule has 0 spiro atoms. The second-order valence-corrected chi connectivity index (χ2v) is 5.23. The van der Waals surface area contributed by atoms with Crippen LogP contribution in [0.3, 0.4) is 0 Å². The number of alkyl halides is 2. The molecule has 20 heavy (non-hydrogen) atoms. The molecule has 2 nitrogen and oxygen atoms in total. The van der Waals surface area contributed by atoms with E-state index in [2.05, 4.69) is 10.2 Å². The van der Waals surface area contributed by atoms with E-state index in [9.17, 15) is 8.78 Å². The average molecular weight is 305 g/mol. The molecule has 1 heterocycles. The van der Waals surface area contributed by atoms with Crippen LogP contribution in [0.25, 0.3) is 0 Å². The average Bonchev–Trinajstić information content (AvgIpc) is 2.38. The Balaban J connectivity index is 0.00000200. The number of aryl methyl sites for hydroxylation is 2. The fourth-order valence-corrected chi connectivity index (χ4v) is 2.97. The van der Waals surface area contributed by atoms with E-state index in [1.165, 1.54) is 0 Å². The molecule has 0 bridgehead atoms. The van der Waals surface area contributed by atoms with Gasteiger partial charge in [0.1, 0.15) is 0 Å². The van der Waals surface area contributed by atoms with Gasteiger partial charge in [-0.3, -0.25) is 4.90 Å². The van der Waals surface area contributed by atoms with Crippen molar-refractivity contribution in [1.29, 1.82) is 0 Å². The summed E-state index contributed by atoms with van der Waals surface area (Å²) in [5.74, 6) is 0. The van der Waals surface area contributed by atoms with Gasteiger partial charge in [-0.15, -0.1) is 12.4 Å². The standard InChI is InChI=1S/C15H22F2N2.ClH/c1-11-4-3-5-12(2)15(11)13(10-14(16)17)19-8-6-18-7-9-19;/h3-5,13-14,18H,6-10H2,1-2H3;1H/t13-;/m1./s1. The molecule has 0 unspecified atom stereocenters. The topological polar surface area (TPSA) is 15.3 Å². The summed E-state index contributed by atoms with van der Waals surface area (Å²) < 4.78 is 25.9. The van der Waals surface area contributed by atoms with Gasteiger partial charge in [0.2, 0.25) is 6.43 Å². The summed E-state index contributed by atoms with van der Waals surface area (Å²) in [6, 6.07) is 5.86. The number of piperazine rings is 1. The summed E-state index contributed by atoms with van der Waals surface area (Å²) in [6.07, 6.45) is -2.34. The van der Waals surface area contributed by atoms with Gasteiger partial charge in [-0.1, -0.05) is 18.2 Å². The van der Waals surface area contributed by atoms with Crippen LogP contribution < -0.4 is 5.32 Å². The van der Waals surface area contributed by atoms with Crippen LogP contribution in [0.5, 0.6) is 0 Å². The van der Waals surface area contributed by atoms with Gasteiger partial charge in [0.15, 0.2) is 0 Å². The Kier molecular flexibility index (Phi) is 6.86. The maximum Gasteiger partial charge on any atom is 0.240 e. The predicted molar refractivity (Wildman–Crippen MR) is 81.0 cm³/mol. The van der Waals surface area contributed by atoms with Crippen LogP contribution in [0.15, 0.2) is 18.2 Å². The zero-order valence-electron chi connectivity index (χ0n) is 12.0.